The summed E-state index contributed by atoms with van der Waals surface area (Å²) in [6, 6.07) is 2.68. The first-order valence-electron chi connectivity index (χ1n) is 5.48. The molecule has 0 aliphatic heterocycles. The maximum Gasteiger partial charge on any atom is 0.148 e. The number of nitrogens with one attached hydrogen (secondary N) is 1. The minimum Gasteiger partial charge on any atom is -0.495 e. The van der Waals surface area contributed by atoms with Crippen molar-refractivity contribution in [1.29, 1.82) is 0 Å². The first kappa shape index (κ1) is 14.9. The van der Waals surface area contributed by atoms with Gasteiger partial charge in [-0.3, -0.25) is 0 Å². The Morgan fingerprint density at radius 3 is 2.78 bits per heavy atom. The monoisotopic (exact) mass is 274 g/mol. The summed E-state index contributed by atoms with van der Waals surface area (Å²) in [6.45, 7) is 1.95. The van der Waals surface area contributed by atoms with E-state index in [4.69, 9.17) is 10.5 Å². The number of anilines is 2. The maximum atomic E-state index is 13.6. The van der Waals surface area contributed by atoms with Gasteiger partial charge < -0.3 is 20.9 Å². The van der Waals surface area contributed by atoms with E-state index in [1.165, 1.54) is 31.0 Å². The Labute approximate surface area is 111 Å². The highest BCUT2D eigenvalue weighted by Gasteiger charge is 2.20. The number of rotatable bonds is 6. The molecule has 4 N–H and O–H groups in total. The molecule has 0 aromatic heterocycles. The summed E-state index contributed by atoms with van der Waals surface area (Å²) >= 11 is 1.53. The van der Waals surface area contributed by atoms with E-state index in [1.54, 1.807) is 6.92 Å². The summed E-state index contributed by atoms with van der Waals surface area (Å²) in [4.78, 5) is 0. The predicted molar refractivity (Wildman–Crippen MR) is 74.9 cm³/mol. The van der Waals surface area contributed by atoms with E-state index in [0.29, 0.717) is 11.5 Å². The van der Waals surface area contributed by atoms with Gasteiger partial charge in [0.2, 0.25) is 0 Å². The van der Waals surface area contributed by atoms with Gasteiger partial charge in [0.15, 0.2) is 0 Å². The van der Waals surface area contributed by atoms with Gasteiger partial charge in [0.1, 0.15) is 11.6 Å². The van der Waals surface area contributed by atoms with Crippen LogP contribution in [0.1, 0.15) is 6.92 Å². The van der Waals surface area contributed by atoms with Gasteiger partial charge >= 0.3 is 0 Å². The number of halogens is 1. The van der Waals surface area contributed by atoms with E-state index in [9.17, 15) is 9.50 Å². The molecule has 102 valence electrons. The molecule has 0 radical (unpaired) electrons. The Balaban J connectivity index is 2.79. The van der Waals surface area contributed by atoms with Gasteiger partial charge in [0.05, 0.1) is 24.1 Å². The third-order valence-corrected chi connectivity index (χ3v) is 3.34. The molecule has 4 nitrogen and oxygen atoms in total. The van der Waals surface area contributed by atoms with Gasteiger partial charge in [-0.15, -0.1) is 0 Å². The number of benzene rings is 1. The molecule has 6 heteroatoms. The molecule has 0 spiro atoms. The zero-order valence-corrected chi connectivity index (χ0v) is 11.6. The summed E-state index contributed by atoms with van der Waals surface area (Å²) in [5.41, 5.74) is 5.20. The second-order valence-electron chi connectivity index (χ2n) is 4.36. The van der Waals surface area contributed by atoms with Crippen LogP contribution in [-0.4, -0.2) is 36.4 Å². The fraction of sp³-hybridized carbons (Fsp3) is 0.500. The molecule has 18 heavy (non-hydrogen) atoms. The molecule has 0 aliphatic rings. The van der Waals surface area contributed by atoms with Gasteiger partial charge in [-0.1, -0.05) is 0 Å². The fourth-order valence-corrected chi connectivity index (χ4v) is 2.25. The van der Waals surface area contributed by atoms with Crippen molar-refractivity contribution >= 4 is 23.1 Å². The van der Waals surface area contributed by atoms with Crippen LogP contribution in [0, 0.1) is 5.82 Å². The minimum absolute atomic E-state index is 0.247. The molecule has 0 aliphatic carbocycles. The third kappa shape index (κ3) is 3.96. The van der Waals surface area contributed by atoms with E-state index in [0.717, 1.165) is 0 Å². The molecule has 0 bridgehead atoms. The van der Waals surface area contributed by atoms with Gasteiger partial charge in [-0.2, -0.15) is 11.8 Å². The van der Waals surface area contributed by atoms with Crippen LogP contribution in [0.5, 0.6) is 5.75 Å². The van der Waals surface area contributed by atoms with E-state index in [2.05, 4.69) is 5.32 Å². The first-order chi connectivity index (χ1) is 8.39. The number of nitrogens with two attached hydrogens (primary N) is 1. The van der Waals surface area contributed by atoms with E-state index < -0.39 is 11.4 Å². The Bertz CT molecular complexity index is 413. The van der Waals surface area contributed by atoms with Crippen molar-refractivity contribution in [2.75, 3.05) is 36.7 Å². The summed E-state index contributed by atoms with van der Waals surface area (Å²) < 4.78 is 18.7. The van der Waals surface area contributed by atoms with Crippen molar-refractivity contribution in [1.82, 2.24) is 0 Å². The molecule has 0 fully saturated rings. The zero-order valence-electron chi connectivity index (χ0n) is 10.8. The third-order valence-electron chi connectivity index (χ3n) is 2.43. The number of methoxy groups -OCH3 is 1. The van der Waals surface area contributed by atoms with Gasteiger partial charge in [-0.25, -0.2) is 4.39 Å². The van der Waals surface area contributed by atoms with E-state index in [1.807, 2.05) is 6.26 Å². The second-order valence-corrected chi connectivity index (χ2v) is 5.22. The zero-order chi connectivity index (χ0) is 13.8. The molecule has 1 rings (SSSR count). The van der Waals surface area contributed by atoms with Crippen molar-refractivity contribution in [3.8, 4) is 5.75 Å². The number of hydrogen-bond acceptors (Lipinski definition) is 5. The molecule has 0 heterocycles. The lowest BCUT2D eigenvalue weighted by molar-refractivity contribution is 0.0996. The Kier molecular flexibility index (Phi) is 5.10. The summed E-state index contributed by atoms with van der Waals surface area (Å²) in [5.74, 6) is 0.505. The quantitative estimate of drug-likeness (QED) is 0.692. The predicted octanol–water partition coefficient (Wildman–Crippen LogP) is 1.94. The maximum absolute atomic E-state index is 13.6. The molecule has 1 unspecified atom stereocenters. The minimum atomic E-state index is -0.902. The SMILES string of the molecule is COc1cc(NCC(C)(O)CSC)c(F)cc1N. The first-order valence-corrected chi connectivity index (χ1v) is 6.87. The summed E-state index contributed by atoms with van der Waals surface area (Å²) in [6.07, 6.45) is 1.90. The van der Waals surface area contributed by atoms with Crippen molar-refractivity contribution in [3.63, 3.8) is 0 Å². The average Bonchev–Trinajstić information content (AvgIpc) is 2.28. The Morgan fingerprint density at radius 2 is 2.22 bits per heavy atom. The van der Waals surface area contributed by atoms with Crippen LogP contribution in [0.15, 0.2) is 12.1 Å². The lowest BCUT2D eigenvalue weighted by Gasteiger charge is -2.23. The molecular weight excluding hydrogens is 255 g/mol. The number of nitrogen functional groups attached to an aromatic ring is 1. The van der Waals surface area contributed by atoms with Crippen LogP contribution in [0.2, 0.25) is 0 Å². The topological polar surface area (TPSA) is 67.5 Å². The number of aliphatic hydroxyl groups is 1. The highest BCUT2D eigenvalue weighted by molar-refractivity contribution is 7.98. The van der Waals surface area contributed by atoms with Crippen molar-refractivity contribution in [2.45, 2.75) is 12.5 Å². The summed E-state index contributed by atoms with van der Waals surface area (Å²) in [5, 5.41) is 12.9. The summed E-state index contributed by atoms with van der Waals surface area (Å²) in [7, 11) is 1.47. The Morgan fingerprint density at radius 1 is 1.56 bits per heavy atom. The van der Waals surface area contributed by atoms with Crippen LogP contribution in [0.3, 0.4) is 0 Å². The number of thioether (sulfide) groups is 1. The van der Waals surface area contributed by atoms with Gasteiger partial charge in [0, 0.05) is 24.4 Å². The van der Waals surface area contributed by atoms with Crippen molar-refractivity contribution < 1.29 is 14.2 Å². The largest absolute Gasteiger partial charge is 0.495 e. The van der Waals surface area contributed by atoms with E-state index >= 15 is 0 Å². The second kappa shape index (κ2) is 6.15. The number of ether oxygens (including phenoxy) is 1. The van der Waals surface area contributed by atoms with Crippen LogP contribution in [0.25, 0.3) is 0 Å². The number of hydrogen-bond donors (Lipinski definition) is 3. The van der Waals surface area contributed by atoms with E-state index in [-0.39, 0.29) is 17.9 Å². The molecule has 0 saturated heterocycles. The highest BCUT2D eigenvalue weighted by atomic mass is 32.2. The standard InChI is InChI=1S/C12H19FN2O2S/c1-12(16,7-18-3)6-15-10-5-11(17-2)9(14)4-8(10)13/h4-5,15-16H,6-7,14H2,1-3H3. The molecule has 1 aromatic rings. The smallest absolute Gasteiger partial charge is 0.148 e. The molecule has 1 aromatic carbocycles. The van der Waals surface area contributed by atoms with Gasteiger partial charge in [0.25, 0.3) is 0 Å². The van der Waals surface area contributed by atoms with Crippen LogP contribution in [-0.2, 0) is 0 Å². The van der Waals surface area contributed by atoms with Crippen LogP contribution >= 0.6 is 11.8 Å². The Hall–Kier alpha value is -1.14. The van der Waals surface area contributed by atoms with Crippen LogP contribution in [0.4, 0.5) is 15.8 Å². The molecule has 1 atom stereocenters. The molecule has 0 amide bonds. The lowest BCUT2D eigenvalue weighted by atomic mass is 10.1. The fourth-order valence-electron chi connectivity index (χ4n) is 1.53. The van der Waals surface area contributed by atoms with Crippen LogP contribution < -0.4 is 15.8 Å². The average molecular weight is 274 g/mol. The molecule has 0 saturated carbocycles. The molecular formula is C12H19FN2O2S. The van der Waals surface area contributed by atoms with Crippen molar-refractivity contribution in [3.05, 3.63) is 17.9 Å². The van der Waals surface area contributed by atoms with Crippen molar-refractivity contribution in [2.24, 2.45) is 0 Å². The van der Waals surface area contributed by atoms with Gasteiger partial charge in [-0.05, 0) is 13.2 Å². The lowest BCUT2D eigenvalue weighted by Crippen LogP contribution is -2.36. The normalized spacial score (nSPS) is 14.1. The highest BCUT2D eigenvalue weighted by Crippen LogP contribution is 2.28.